The number of alkyl carbamates (subject to hydrolysis) is 1. The third kappa shape index (κ3) is 3.96. The number of hydrogen-bond acceptors (Lipinski definition) is 4. The van der Waals surface area contributed by atoms with E-state index in [1.165, 1.54) is 6.07 Å². The molecule has 1 atom stereocenters. The topological polar surface area (TPSA) is 60.5 Å². The van der Waals surface area contributed by atoms with Gasteiger partial charge in [-0.05, 0) is 29.8 Å². The van der Waals surface area contributed by atoms with Crippen LogP contribution in [0.3, 0.4) is 0 Å². The third-order valence-corrected chi connectivity index (χ3v) is 3.92. The summed E-state index contributed by atoms with van der Waals surface area (Å²) >= 11 is 5.84. The second-order valence-corrected chi connectivity index (χ2v) is 5.67. The quantitative estimate of drug-likeness (QED) is 0.880. The van der Waals surface area contributed by atoms with Gasteiger partial charge in [0.15, 0.2) is 6.10 Å². The monoisotopic (exact) mass is 372 g/mol. The summed E-state index contributed by atoms with van der Waals surface area (Å²) in [6.07, 6.45) is -4.24. The molecule has 1 amide bonds. The molecule has 1 aliphatic heterocycles. The summed E-state index contributed by atoms with van der Waals surface area (Å²) in [5.74, 6) is 0.408. The molecule has 132 valence electrons. The molecule has 1 aliphatic rings. The molecular formula is C16H12ClF3N2O3. The summed E-state index contributed by atoms with van der Waals surface area (Å²) in [6.45, 7) is 0.0874. The van der Waals surface area contributed by atoms with Crippen molar-refractivity contribution in [1.82, 2.24) is 10.3 Å². The van der Waals surface area contributed by atoms with Crippen molar-refractivity contribution in [2.75, 3.05) is 6.61 Å². The number of benzene rings is 1. The van der Waals surface area contributed by atoms with Gasteiger partial charge >= 0.3 is 12.3 Å². The first-order chi connectivity index (χ1) is 11.8. The first kappa shape index (κ1) is 17.3. The first-order valence-electron chi connectivity index (χ1n) is 7.22. The summed E-state index contributed by atoms with van der Waals surface area (Å²) in [6, 6.07) is 6.37. The Kier molecular flexibility index (Phi) is 4.71. The maximum Gasteiger partial charge on any atom is 0.416 e. The number of alkyl halides is 3. The SMILES string of the molecule is O=C(NCc1ccc(C(F)(F)F)cc1Cl)OC1COc2ncccc21. The normalized spacial score (nSPS) is 16.1. The van der Waals surface area contributed by atoms with E-state index < -0.39 is 23.9 Å². The van der Waals surface area contributed by atoms with Crippen LogP contribution in [0.5, 0.6) is 5.88 Å². The molecule has 1 aromatic heterocycles. The van der Waals surface area contributed by atoms with E-state index in [-0.39, 0.29) is 18.2 Å². The molecule has 5 nitrogen and oxygen atoms in total. The highest BCUT2D eigenvalue weighted by molar-refractivity contribution is 6.31. The fourth-order valence-electron chi connectivity index (χ4n) is 2.32. The largest absolute Gasteiger partial charge is 0.473 e. The van der Waals surface area contributed by atoms with Gasteiger partial charge in [0.1, 0.15) is 6.61 Å². The van der Waals surface area contributed by atoms with E-state index in [1.54, 1.807) is 18.3 Å². The van der Waals surface area contributed by atoms with Crippen molar-refractivity contribution in [2.45, 2.75) is 18.8 Å². The molecule has 0 saturated carbocycles. The molecule has 3 rings (SSSR count). The molecule has 1 aromatic carbocycles. The van der Waals surface area contributed by atoms with E-state index in [0.29, 0.717) is 17.0 Å². The lowest BCUT2D eigenvalue weighted by atomic mass is 10.1. The summed E-state index contributed by atoms with van der Waals surface area (Å²) in [7, 11) is 0. The van der Waals surface area contributed by atoms with Crippen molar-refractivity contribution in [2.24, 2.45) is 0 Å². The second-order valence-electron chi connectivity index (χ2n) is 5.26. The van der Waals surface area contributed by atoms with Gasteiger partial charge in [-0.25, -0.2) is 9.78 Å². The number of carbonyl (C=O) groups is 1. The molecule has 1 unspecified atom stereocenters. The summed E-state index contributed by atoms with van der Waals surface area (Å²) in [4.78, 5) is 15.9. The van der Waals surface area contributed by atoms with Crippen molar-refractivity contribution in [3.63, 3.8) is 0 Å². The van der Waals surface area contributed by atoms with Crippen LogP contribution in [0.25, 0.3) is 0 Å². The molecule has 25 heavy (non-hydrogen) atoms. The van der Waals surface area contributed by atoms with E-state index in [9.17, 15) is 18.0 Å². The van der Waals surface area contributed by atoms with Crippen molar-refractivity contribution in [1.29, 1.82) is 0 Å². The molecule has 0 aliphatic carbocycles. The lowest BCUT2D eigenvalue weighted by molar-refractivity contribution is -0.137. The smallest absolute Gasteiger partial charge is 0.416 e. The Balaban J connectivity index is 1.58. The highest BCUT2D eigenvalue weighted by Crippen LogP contribution is 2.33. The molecule has 0 radical (unpaired) electrons. The highest BCUT2D eigenvalue weighted by Gasteiger charge is 2.31. The number of fused-ring (bicyclic) bond motifs is 1. The van der Waals surface area contributed by atoms with Gasteiger partial charge in [-0.15, -0.1) is 0 Å². The highest BCUT2D eigenvalue weighted by atomic mass is 35.5. The summed E-state index contributed by atoms with van der Waals surface area (Å²) in [5, 5.41) is 2.36. The Morgan fingerprint density at radius 1 is 1.40 bits per heavy atom. The van der Waals surface area contributed by atoms with Crippen LogP contribution in [-0.2, 0) is 17.5 Å². The van der Waals surface area contributed by atoms with Gasteiger partial charge in [0, 0.05) is 17.8 Å². The van der Waals surface area contributed by atoms with Gasteiger partial charge in [0.2, 0.25) is 5.88 Å². The number of rotatable bonds is 3. The van der Waals surface area contributed by atoms with Crippen molar-refractivity contribution in [3.05, 3.63) is 58.2 Å². The average molecular weight is 373 g/mol. The number of ether oxygens (including phenoxy) is 2. The average Bonchev–Trinajstić information content (AvgIpc) is 2.96. The number of aromatic nitrogens is 1. The predicted molar refractivity (Wildman–Crippen MR) is 82.2 cm³/mol. The van der Waals surface area contributed by atoms with Gasteiger partial charge in [-0.1, -0.05) is 17.7 Å². The van der Waals surface area contributed by atoms with Crippen molar-refractivity contribution >= 4 is 17.7 Å². The third-order valence-electron chi connectivity index (χ3n) is 3.57. The van der Waals surface area contributed by atoms with Gasteiger partial charge in [-0.2, -0.15) is 13.2 Å². The predicted octanol–water partition coefficient (Wildman–Crippen LogP) is 4.11. The van der Waals surface area contributed by atoms with Crippen molar-refractivity contribution < 1.29 is 27.4 Å². The Bertz CT molecular complexity index is 798. The standard InChI is InChI=1S/C16H12ClF3N2O3/c17-12-6-10(16(18,19)20)4-3-9(12)7-22-15(23)25-13-8-24-14-11(13)2-1-5-21-14/h1-6,13H,7-8H2,(H,22,23). The summed E-state index contributed by atoms with van der Waals surface area (Å²) in [5.41, 5.74) is 0.151. The fourth-order valence-corrected chi connectivity index (χ4v) is 2.56. The van der Waals surface area contributed by atoms with Crippen LogP contribution in [0.15, 0.2) is 36.5 Å². The Labute approximate surface area is 145 Å². The van der Waals surface area contributed by atoms with E-state index in [4.69, 9.17) is 21.1 Å². The maximum absolute atomic E-state index is 12.6. The number of amides is 1. The fraction of sp³-hybridized carbons (Fsp3) is 0.250. The minimum atomic E-state index is -4.47. The van der Waals surface area contributed by atoms with E-state index in [2.05, 4.69) is 10.3 Å². The molecule has 2 heterocycles. The number of nitrogens with one attached hydrogen (secondary N) is 1. The minimum Gasteiger partial charge on any atom is -0.473 e. The first-order valence-corrected chi connectivity index (χ1v) is 7.60. The lowest BCUT2D eigenvalue weighted by Gasteiger charge is -2.13. The number of carbonyl (C=O) groups excluding carboxylic acids is 1. The zero-order chi connectivity index (χ0) is 18.0. The van der Waals surface area contributed by atoms with E-state index in [1.807, 2.05) is 0 Å². The molecule has 9 heteroatoms. The molecule has 1 N–H and O–H groups in total. The van der Waals surface area contributed by atoms with Crippen LogP contribution in [0.4, 0.5) is 18.0 Å². The summed E-state index contributed by atoms with van der Waals surface area (Å²) < 4.78 is 48.3. The zero-order valence-electron chi connectivity index (χ0n) is 12.6. The zero-order valence-corrected chi connectivity index (χ0v) is 13.4. The molecule has 0 saturated heterocycles. The second kappa shape index (κ2) is 6.79. The van der Waals surface area contributed by atoms with Crippen LogP contribution >= 0.6 is 11.6 Å². The van der Waals surface area contributed by atoms with Gasteiger partial charge in [0.05, 0.1) is 11.1 Å². The van der Waals surface area contributed by atoms with E-state index in [0.717, 1.165) is 12.1 Å². The van der Waals surface area contributed by atoms with Crippen LogP contribution in [0.2, 0.25) is 5.02 Å². The molecule has 2 aromatic rings. The van der Waals surface area contributed by atoms with Gasteiger partial charge < -0.3 is 14.8 Å². The van der Waals surface area contributed by atoms with Crippen molar-refractivity contribution in [3.8, 4) is 5.88 Å². The van der Waals surface area contributed by atoms with Crippen LogP contribution in [0, 0.1) is 0 Å². The minimum absolute atomic E-state index is 0.0662. The lowest BCUT2D eigenvalue weighted by Crippen LogP contribution is -2.26. The maximum atomic E-state index is 12.6. The Morgan fingerprint density at radius 3 is 2.92 bits per heavy atom. The number of halogens is 4. The van der Waals surface area contributed by atoms with Crippen LogP contribution in [0.1, 0.15) is 22.8 Å². The Hall–Kier alpha value is -2.48. The molecular weight excluding hydrogens is 361 g/mol. The number of nitrogens with zero attached hydrogens (tertiary/aromatic N) is 1. The van der Waals surface area contributed by atoms with Crippen LogP contribution in [-0.4, -0.2) is 17.7 Å². The number of hydrogen-bond donors (Lipinski definition) is 1. The van der Waals surface area contributed by atoms with Crippen LogP contribution < -0.4 is 10.1 Å². The molecule has 0 spiro atoms. The van der Waals surface area contributed by atoms with Gasteiger partial charge in [0.25, 0.3) is 0 Å². The van der Waals surface area contributed by atoms with Gasteiger partial charge in [-0.3, -0.25) is 0 Å². The molecule has 0 bridgehead atoms. The molecule has 0 fully saturated rings. The van der Waals surface area contributed by atoms with E-state index >= 15 is 0 Å². The number of pyridine rings is 1. The Morgan fingerprint density at radius 2 is 2.20 bits per heavy atom.